The lowest BCUT2D eigenvalue weighted by Crippen LogP contribution is -2.28. The second kappa shape index (κ2) is 5.36. The van der Waals surface area contributed by atoms with Crippen molar-refractivity contribution < 1.29 is 0 Å². The third kappa shape index (κ3) is 2.68. The summed E-state index contributed by atoms with van der Waals surface area (Å²) in [7, 11) is 0. The highest BCUT2D eigenvalue weighted by Gasteiger charge is 2.24. The van der Waals surface area contributed by atoms with Gasteiger partial charge in [0.1, 0.15) is 0 Å². The van der Waals surface area contributed by atoms with Crippen molar-refractivity contribution >= 4 is 11.6 Å². The molecule has 98 valence electrons. The summed E-state index contributed by atoms with van der Waals surface area (Å²) >= 11 is 6.23. The Labute approximate surface area is 119 Å². The minimum Gasteiger partial charge on any atom is -0.312 e. The zero-order valence-corrected chi connectivity index (χ0v) is 11.9. The molecule has 0 heterocycles. The highest BCUT2D eigenvalue weighted by molar-refractivity contribution is 6.31. The fourth-order valence-corrected chi connectivity index (χ4v) is 3.02. The second-order valence-electron chi connectivity index (χ2n) is 5.33. The number of nitrogens with one attached hydrogen (secondary N) is 1. The molecule has 0 saturated carbocycles. The van der Waals surface area contributed by atoms with Crippen LogP contribution in [0.15, 0.2) is 42.5 Å². The molecule has 1 unspecified atom stereocenters. The third-order valence-corrected chi connectivity index (χ3v) is 4.23. The molecule has 1 aliphatic rings. The first-order chi connectivity index (χ1) is 9.24. The summed E-state index contributed by atoms with van der Waals surface area (Å²) in [4.78, 5) is 0. The van der Waals surface area contributed by atoms with E-state index in [-0.39, 0.29) is 0 Å². The summed E-state index contributed by atoms with van der Waals surface area (Å²) in [6.45, 7) is 3.94. The summed E-state index contributed by atoms with van der Waals surface area (Å²) in [5, 5.41) is 4.38. The number of hydrogen-bond donors (Lipinski definition) is 1. The van der Waals surface area contributed by atoms with Crippen LogP contribution in [0, 0.1) is 6.92 Å². The van der Waals surface area contributed by atoms with Gasteiger partial charge in [0.2, 0.25) is 0 Å². The Balaban J connectivity index is 1.55. The van der Waals surface area contributed by atoms with E-state index in [2.05, 4.69) is 48.6 Å². The van der Waals surface area contributed by atoms with Crippen molar-refractivity contribution in [3.8, 4) is 0 Å². The van der Waals surface area contributed by atoms with Gasteiger partial charge in [-0.1, -0.05) is 48.0 Å². The van der Waals surface area contributed by atoms with E-state index in [1.807, 2.05) is 6.07 Å². The quantitative estimate of drug-likeness (QED) is 0.884. The predicted octanol–water partition coefficient (Wildman–Crippen LogP) is 4.08. The Kier molecular flexibility index (Phi) is 3.58. The van der Waals surface area contributed by atoms with Crippen molar-refractivity contribution in [3.63, 3.8) is 0 Å². The van der Waals surface area contributed by atoms with Crippen LogP contribution in [0.1, 0.15) is 28.2 Å². The van der Waals surface area contributed by atoms with E-state index in [4.69, 9.17) is 11.6 Å². The molecule has 0 radical (unpaired) electrons. The van der Waals surface area contributed by atoms with Crippen molar-refractivity contribution in [3.05, 3.63) is 69.7 Å². The van der Waals surface area contributed by atoms with Gasteiger partial charge in [-0.25, -0.2) is 0 Å². The first-order valence-corrected chi connectivity index (χ1v) is 7.15. The molecule has 0 spiro atoms. The molecule has 0 aliphatic heterocycles. The molecule has 2 aromatic rings. The first-order valence-electron chi connectivity index (χ1n) is 6.77. The second-order valence-corrected chi connectivity index (χ2v) is 5.73. The van der Waals surface area contributed by atoms with Gasteiger partial charge in [-0.05, 0) is 41.7 Å². The van der Waals surface area contributed by atoms with Gasteiger partial charge in [-0.3, -0.25) is 0 Å². The number of halogens is 1. The van der Waals surface area contributed by atoms with Crippen LogP contribution in [0.5, 0.6) is 0 Å². The molecule has 19 heavy (non-hydrogen) atoms. The molecule has 1 N–H and O–H groups in total. The van der Waals surface area contributed by atoms with Crippen LogP contribution in [0.2, 0.25) is 5.02 Å². The number of benzene rings is 2. The molecule has 1 aliphatic carbocycles. The summed E-state index contributed by atoms with van der Waals surface area (Å²) < 4.78 is 0. The van der Waals surface area contributed by atoms with Crippen molar-refractivity contribution in [1.82, 2.24) is 5.32 Å². The first kappa shape index (κ1) is 12.7. The molecule has 3 rings (SSSR count). The van der Waals surface area contributed by atoms with Crippen LogP contribution in [-0.4, -0.2) is 6.54 Å². The third-order valence-electron chi connectivity index (χ3n) is 3.88. The van der Waals surface area contributed by atoms with Crippen molar-refractivity contribution in [2.75, 3.05) is 6.54 Å². The zero-order valence-electron chi connectivity index (χ0n) is 11.1. The maximum atomic E-state index is 6.23. The predicted molar refractivity (Wildman–Crippen MR) is 80.8 cm³/mol. The van der Waals surface area contributed by atoms with Crippen LogP contribution in [0.4, 0.5) is 0 Å². The molecular weight excluding hydrogens is 254 g/mol. The number of fused-ring (bicyclic) bond motifs is 1. The zero-order chi connectivity index (χ0) is 13.2. The fourth-order valence-electron chi connectivity index (χ4n) is 2.72. The Bertz CT molecular complexity index is 592. The summed E-state index contributed by atoms with van der Waals surface area (Å²) in [6, 6.07) is 15.0. The van der Waals surface area contributed by atoms with E-state index >= 15 is 0 Å². The van der Waals surface area contributed by atoms with Gasteiger partial charge in [0, 0.05) is 24.0 Å². The van der Waals surface area contributed by atoms with Gasteiger partial charge in [0.25, 0.3) is 0 Å². The van der Waals surface area contributed by atoms with Gasteiger partial charge < -0.3 is 5.32 Å². The lowest BCUT2D eigenvalue weighted by Gasteiger charge is -2.30. The van der Waals surface area contributed by atoms with Crippen LogP contribution in [0.3, 0.4) is 0 Å². The molecule has 0 aromatic heterocycles. The average molecular weight is 272 g/mol. The minimum atomic E-state index is 0.667. The number of rotatable bonds is 4. The molecule has 1 nitrogen and oxygen atoms in total. The van der Waals surface area contributed by atoms with Crippen molar-refractivity contribution in [2.24, 2.45) is 0 Å². The van der Waals surface area contributed by atoms with Gasteiger partial charge in [-0.15, -0.1) is 0 Å². The van der Waals surface area contributed by atoms with Crippen molar-refractivity contribution in [1.29, 1.82) is 0 Å². The molecule has 0 amide bonds. The number of aryl methyl sites for hydroxylation is 1. The lowest BCUT2D eigenvalue weighted by atomic mass is 9.77. The van der Waals surface area contributed by atoms with Crippen LogP contribution < -0.4 is 5.32 Å². The van der Waals surface area contributed by atoms with Crippen molar-refractivity contribution in [2.45, 2.75) is 25.8 Å². The van der Waals surface area contributed by atoms with E-state index in [1.54, 1.807) is 0 Å². The van der Waals surface area contributed by atoms with Crippen LogP contribution >= 0.6 is 11.6 Å². The lowest BCUT2D eigenvalue weighted by molar-refractivity contribution is 0.536. The van der Waals surface area contributed by atoms with E-state index in [1.165, 1.54) is 28.7 Å². The van der Waals surface area contributed by atoms with E-state index in [0.717, 1.165) is 18.1 Å². The Morgan fingerprint density at radius 2 is 2.05 bits per heavy atom. The monoisotopic (exact) mass is 271 g/mol. The molecule has 2 aromatic carbocycles. The molecule has 0 bridgehead atoms. The standard InChI is InChI=1S/C17H18ClN/c1-12-6-7-14(17(18)8-12)10-19-11-15-9-13-4-2-3-5-16(13)15/h2-8,15,19H,9-11H2,1H3. The van der Waals surface area contributed by atoms with Gasteiger partial charge >= 0.3 is 0 Å². The van der Waals surface area contributed by atoms with Gasteiger partial charge in [0.15, 0.2) is 0 Å². The van der Waals surface area contributed by atoms with Crippen LogP contribution in [0.25, 0.3) is 0 Å². The smallest absolute Gasteiger partial charge is 0.0453 e. The van der Waals surface area contributed by atoms with E-state index in [0.29, 0.717) is 5.92 Å². The van der Waals surface area contributed by atoms with Crippen LogP contribution in [-0.2, 0) is 13.0 Å². The highest BCUT2D eigenvalue weighted by atomic mass is 35.5. The summed E-state index contributed by atoms with van der Waals surface area (Å²) in [5.74, 6) is 0.667. The normalized spacial score (nSPS) is 16.8. The SMILES string of the molecule is Cc1ccc(CNCC2Cc3ccccc32)c(Cl)c1. The Hall–Kier alpha value is -1.31. The maximum absolute atomic E-state index is 6.23. The highest BCUT2D eigenvalue weighted by Crippen LogP contribution is 2.34. The van der Waals surface area contributed by atoms with Gasteiger partial charge in [-0.2, -0.15) is 0 Å². The molecule has 0 saturated heterocycles. The fraction of sp³-hybridized carbons (Fsp3) is 0.294. The largest absolute Gasteiger partial charge is 0.312 e. The number of hydrogen-bond acceptors (Lipinski definition) is 1. The molecular formula is C17H18ClN. The van der Waals surface area contributed by atoms with Gasteiger partial charge in [0.05, 0.1) is 0 Å². The minimum absolute atomic E-state index is 0.667. The topological polar surface area (TPSA) is 12.0 Å². The molecule has 2 heteroatoms. The Morgan fingerprint density at radius 1 is 1.21 bits per heavy atom. The summed E-state index contributed by atoms with van der Waals surface area (Å²) in [5.41, 5.74) is 5.40. The summed E-state index contributed by atoms with van der Waals surface area (Å²) in [6.07, 6.45) is 1.20. The molecule has 0 fully saturated rings. The van der Waals surface area contributed by atoms with E-state index < -0.39 is 0 Å². The molecule has 1 atom stereocenters. The Morgan fingerprint density at radius 3 is 2.84 bits per heavy atom. The average Bonchev–Trinajstić information content (AvgIpc) is 2.37. The maximum Gasteiger partial charge on any atom is 0.0453 e. The van der Waals surface area contributed by atoms with E-state index in [9.17, 15) is 0 Å².